The summed E-state index contributed by atoms with van der Waals surface area (Å²) >= 11 is 0. The van der Waals surface area contributed by atoms with E-state index in [0.717, 1.165) is 38.5 Å². The van der Waals surface area contributed by atoms with Crippen molar-refractivity contribution in [2.45, 2.75) is 283 Å². The number of likely N-dealkylation sites (N-methyl/N-ethyl adjacent to an activating group) is 1. The fourth-order valence-corrected chi connectivity index (χ4v) is 9.02. The molecule has 0 bridgehead atoms. The van der Waals surface area contributed by atoms with E-state index in [2.05, 4.69) is 38.2 Å². The van der Waals surface area contributed by atoms with Crippen molar-refractivity contribution < 1.29 is 42.1 Å². The second-order valence-electron chi connectivity index (χ2n) is 20.7. The Bertz CT molecular complexity index is 1190. The van der Waals surface area contributed by atoms with Gasteiger partial charge in [0.15, 0.2) is 6.10 Å². The van der Waals surface area contributed by atoms with Crippen LogP contribution in [0.2, 0.25) is 0 Å². The van der Waals surface area contributed by atoms with Gasteiger partial charge in [-0.2, -0.15) is 0 Å². The summed E-state index contributed by atoms with van der Waals surface area (Å²) in [7, 11) is 1.49. The summed E-state index contributed by atoms with van der Waals surface area (Å²) in [6, 6.07) is 0. The number of esters is 2. The second-order valence-corrected chi connectivity index (χ2v) is 22.1. The number of nitrogens with zero attached hydrogens (tertiary/aromatic N) is 1. The third kappa shape index (κ3) is 53.7. The van der Waals surface area contributed by atoms with Crippen LogP contribution in [0.3, 0.4) is 0 Å². The topological polar surface area (TPSA) is 108 Å². The average Bonchev–Trinajstić information content (AvgIpc) is 3.29. The number of phosphoric acid groups is 1. The van der Waals surface area contributed by atoms with Gasteiger partial charge in [-0.3, -0.25) is 18.6 Å². The highest BCUT2D eigenvalue weighted by atomic mass is 31.2. The molecule has 10 heteroatoms. The van der Waals surface area contributed by atoms with E-state index in [1.54, 1.807) is 0 Å². The zero-order chi connectivity index (χ0) is 49.2. The lowest BCUT2D eigenvalue weighted by Crippen LogP contribution is -2.37. The van der Waals surface area contributed by atoms with E-state index < -0.39 is 26.5 Å². The summed E-state index contributed by atoms with van der Waals surface area (Å²) < 4.78 is 34.5. The van der Waals surface area contributed by atoms with Crippen LogP contribution < -0.4 is 0 Å². The van der Waals surface area contributed by atoms with Gasteiger partial charge >= 0.3 is 19.8 Å². The fraction of sp³-hybridized carbons (Fsp3) is 0.895. The minimum atomic E-state index is -4.38. The molecule has 0 amide bonds. The molecular formula is C57H111NO8P+. The van der Waals surface area contributed by atoms with Gasteiger partial charge in [-0.05, 0) is 44.9 Å². The zero-order valence-electron chi connectivity index (χ0n) is 44.9. The molecule has 0 aliphatic heterocycles. The Morgan fingerprint density at radius 3 is 1.18 bits per heavy atom. The van der Waals surface area contributed by atoms with Crippen molar-refractivity contribution in [2.75, 3.05) is 47.5 Å². The Morgan fingerprint density at radius 2 is 0.806 bits per heavy atom. The van der Waals surface area contributed by atoms with Crippen molar-refractivity contribution in [1.82, 2.24) is 0 Å². The predicted octanol–water partition coefficient (Wildman–Crippen LogP) is 17.4. The van der Waals surface area contributed by atoms with Gasteiger partial charge in [0.2, 0.25) is 0 Å². The molecule has 0 aliphatic carbocycles. The van der Waals surface area contributed by atoms with Crippen molar-refractivity contribution in [2.24, 2.45) is 0 Å². The van der Waals surface area contributed by atoms with Gasteiger partial charge in [0, 0.05) is 12.8 Å². The minimum Gasteiger partial charge on any atom is -0.462 e. The minimum absolute atomic E-state index is 0.0350. The van der Waals surface area contributed by atoms with E-state index in [1.807, 2.05) is 21.1 Å². The maximum atomic E-state index is 12.8. The standard InChI is InChI=1S/C57H110NO8P/c1-6-8-10-12-14-16-18-20-22-23-24-25-26-27-28-29-30-31-32-33-34-35-36-38-40-42-44-46-48-50-57(60)66-55(54-65-67(61,62)64-52-51-58(3,4)5)53-63-56(59)49-47-45-43-41-39-37-21-19-17-15-13-11-9-7-2/h18,20,23-24,55H,6-17,19,21-22,25-54H2,1-5H3/p+1/b20-18-,24-23-. The number of quaternary nitrogens is 1. The van der Waals surface area contributed by atoms with Gasteiger partial charge in [-0.25, -0.2) is 4.57 Å². The Hall–Kier alpha value is -1.51. The maximum Gasteiger partial charge on any atom is 0.472 e. The van der Waals surface area contributed by atoms with Crippen LogP contribution in [0, 0.1) is 0 Å². The van der Waals surface area contributed by atoms with Crippen LogP contribution in [-0.2, 0) is 32.7 Å². The number of rotatable bonds is 53. The molecule has 0 radical (unpaired) electrons. The lowest BCUT2D eigenvalue weighted by Gasteiger charge is -2.24. The first-order chi connectivity index (χ1) is 32.5. The van der Waals surface area contributed by atoms with Crippen molar-refractivity contribution in [1.29, 1.82) is 0 Å². The van der Waals surface area contributed by atoms with Crippen molar-refractivity contribution in [3.05, 3.63) is 24.3 Å². The normalized spacial score (nSPS) is 13.5. The molecule has 0 fully saturated rings. The van der Waals surface area contributed by atoms with Crippen LogP contribution in [-0.4, -0.2) is 74.9 Å². The monoisotopic (exact) mass is 969 g/mol. The third-order valence-corrected chi connectivity index (χ3v) is 13.7. The van der Waals surface area contributed by atoms with Crippen LogP contribution in [0.1, 0.15) is 277 Å². The molecule has 0 heterocycles. The van der Waals surface area contributed by atoms with Gasteiger partial charge in [0.05, 0.1) is 27.7 Å². The molecule has 9 nitrogen and oxygen atoms in total. The van der Waals surface area contributed by atoms with Gasteiger partial charge in [-0.1, -0.05) is 244 Å². The van der Waals surface area contributed by atoms with Gasteiger partial charge in [-0.15, -0.1) is 0 Å². The lowest BCUT2D eigenvalue weighted by atomic mass is 10.0. The molecule has 67 heavy (non-hydrogen) atoms. The number of unbranched alkanes of at least 4 members (excludes halogenated alkanes) is 35. The number of phosphoric ester groups is 1. The number of hydrogen-bond acceptors (Lipinski definition) is 7. The molecule has 0 aromatic rings. The fourth-order valence-electron chi connectivity index (χ4n) is 8.28. The van der Waals surface area contributed by atoms with Gasteiger partial charge in [0.1, 0.15) is 19.8 Å². The molecule has 2 atom stereocenters. The molecule has 0 spiro atoms. The Labute approximate surface area is 415 Å². The lowest BCUT2D eigenvalue weighted by molar-refractivity contribution is -0.870. The predicted molar refractivity (Wildman–Crippen MR) is 284 cm³/mol. The summed E-state index contributed by atoms with van der Waals surface area (Å²) in [6.07, 6.45) is 58.2. The second kappa shape index (κ2) is 49.5. The molecule has 0 saturated carbocycles. The number of hydrogen-bond donors (Lipinski definition) is 1. The van der Waals surface area contributed by atoms with Crippen LogP contribution in [0.15, 0.2) is 24.3 Å². The Kier molecular flexibility index (Phi) is 48.4. The quantitative estimate of drug-likeness (QED) is 0.0211. The van der Waals surface area contributed by atoms with E-state index >= 15 is 0 Å². The summed E-state index contributed by atoms with van der Waals surface area (Å²) in [5.41, 5.74) is 0. The van der Waals surface area contributed by atoms with Crippen LogP contribution in [0.5, 0.6) is 0 Å². The van der Waals surface area contributed by atoms with E-state index in [4.69, 9.17) is 18.5 Å². The van der Waals surface area contributed by atoms with Crippen molar-refractivity contribution in [3.63, 3.8) is 0 Å². The van der Waals surface area contributed by atoms with E-state index in [9.17, 15) is 19.0 Å². The first kappa shape index (κ1) is 65.5. The van der Waals surface area contributed by atoms with Crippen molar-refractivity contribution >= 4 is 19.8 Å². The molecule has 0 aliphatic rings. The molecule has 0 saturated heterocycles. The highest BCUT2D eigenvalue weighted by molar-refractivity contribution is 7.47. The summed E-state index contributed by atoms with van der Waals surface area (Å²) in [4.78, 5) is 35.6. The van der Waals surface area contributed by atoms with Crippen LogP contribution in [0.4, 0.5) is 0 Å². The Morgan fingerprint density at radius 1 is 0.463 bits per heavy atom. The summed E-state index contributed by atoms with van der Waals surface area (Å²) in [5.74, 6) is -0.782. The van der Waals surface area contributed by atoms with Crippen LogP contribution in [0.25, 0.3) is 0 Å². The number of carbonyl (C=O) groups is 2. The van der Waals surface area contributed by atoms with Gasteiger partial charge in [0.25, 0.3) is 0 Å². The summed E-state index contributed by atoms with van der Waals surface area (Å²) in [5, 5.41) is 0. The van der Waals surface area contributed by atoms with E-state index in [1.165, 1.54) is 205 Å². The van der Waals surface area contributed by atoms with Crippen molar-refractivity contribution in [3.8, 4) is 0 Å². The zero-order valence-corrected chi connectivity index (χ0v) is 45.8. The van der Waals surface area contributed by atoms with Gasteiger partial charge < -0.3 is 18.9 Å². The van der Waals surface area contributed by atoms with E-state index in [-0.39, 0.29) is 25.6 Å². The summed E-state index contributed by atoms with van der Waals surface area (Å²) in [6.45, 7) is 4.46. The van der Waals surface area contributed by atoms with E-state index in [0.29, 0.717) is 23.9 Å². The largest absolute Gasteiger partial charge is 0.472 e. The molecular weight excluding hydrogens is 858 g/mol. The first-order valence-corrected chi connectivity index (χ1v) is 30.1. The highest BCUT2D eigenvalue weighted by Crippen LogP contribution is 2.43. The van der Waals surface area contributed by atoms with Crippen LogP contribution >= 0.6 is 7.82 Å². The average molecular weight is 969 g/mol. The molecule has 2 unspecified atom stereocenters. The Balaban J connectivity index is 4.06. The number of allylic oxidation sites excluding steroid dienone is 4. The number of ether oxygens (including phenoxy) is 2. The molecule has 0 rings (SSSR count). The molecule has 0 aromatic carbocycles. The smallest absolute Gasteiger partial charge is 0.462 e. The number of carbonyl (C=O) groups excluding carboxylic acids is 2. The maximum absolute atomic E-state index is 12.8. The molecule has 1 N–H and O–H groups in total. The third-order valence-electron chi connectivity index (χ3n) is 12.7. The highest BCUT2D eigenvalue weighted by Gasteiger charge is 2.27. The molecule has 0 aromatic heterocycles. The first-order valence-electron chi connectivity index (χ1n) is 28.6. The SMILES string of the molecule is CCCCCCC/C=C\C/C=C\CCCCCCCCCCCCCCCCCCCC(=O)OC(COC(=O)CCCCCCCCCCCCCCCC)COP(=O)(O)OCC[N+](C)(C)C. The molecule has 396 valence electrons.